The number of fused-ring (bicyclic) bond motifs is 1. The topological polar surface area (TPSA) is 27.1 Å². The molecule has 0 fully saturated rings. The van der Waals surface area contributed by atoms with E-state index in [2.05, 4.69) is 34.9 Å². The second kappa shape index (κ2) is 2.76. The predicted octanol–water partition coefficient (Wildman–Crippen LogP) is 2.16. The minimum Gasteiger partial charge on any atom is -0.475 e. The van der Waals surface area contributed by atoms with Crippen molar-refractivity contribution in [3.63, 3.8) is 0 Å². The minimum absolute atomic E-state index is 0.445. The highest BCUT2D eigenvalue weighted by Crippen LogP contribution is 2.34. The Hall–Kier alpha value is -0.510. The van der Waals surface area contributed by atoms with Crippen molar-refractivity contribution < 1.29 is 4.74 Å². The molecule has 66 valence electrons. The van der Waals surface area contributed by atoms with Crippen LogP contribution < -0.4 is 4.74 Å². The molecule has 0 unspecified atom stereocenters. The summed E-state index contributed by atoms with van der Waals surface area (Å²) in [6.45, 7) is 5.88. The third kappa shape index (κ3) is 1.05. The van der Waals surface area contributed by atoms with Gasteiger partial charge in [0.1, 0.15) is 11.1 Å². The van der Waals surface area contributed by atoms with E-state index in [9.17, 15) is 0 Å². The summed E-state index contributed by atoms with van der Waals surface area (Å²) in [5, 5.41) is 4.43. The van der Waals surface area contributed by atoms with Crippen molar-refractivity contribution >= 4 is 15.9 Å². The molecule has 0 spiro atoms. The molecule has 2 rings (SSSR count). The highest BCUT2D eigenvalue weighted by molar-refractivity contribution is 9.10. The van der Waals surface area contributed by atoms with Gasteiger partial charge in [-0.2, -0.15) is 5.10 Å². The molecule has 1 aromatic rings. The van der Waals surface area contributed by atoms with E-state index in [0.29, 0.717) is 5.92 Å². The third-order valence-electron chi connectivity index (χ3n) is 1.96. The highest BCUT2D eigenvalue weighted by Gasteiger charge is 2.22. The van der Waals surface area contributed by atoms with Gasteiger partial charge in [-0.05, 0) is 21.8 Å². The van der Waals surface area contributed by atoms with Gasteiger partial charge in [0.05, 0.1) is 12.2 Å². The van der Waals surface area contributed by atoms with Crippen molar-refractivity contribution in [3.8, 4) is 5.88 Å². The van der Waals surface area contributed by atoms with Gasteiger partial charge in [-0.1, -0.05) is 13.8 Å². The standard InChI is InChI=1S/C8H11BrN2O/c1-5(2)7-6(9)8-11(10-7)3-4-12-8/h5H,3-4H2,1-2H3. The Morgan fingerprint density at radius 1 is 1.58 bits per heavy atom. The lowest BCUT2D eigenvalue weighted by molar-refractivity contribution is 0.354. The van der Waals surface area contributed by atoms with E-state index in [1.54, 1.807) is 0 Å². The molecule has 2 heterocycles. The summed E-state index contributed by atoms with van der Waals surface area (Å²) in [6.07, 6.45) is 0. The number of aromatic nitrogens is 2. The smallest absolute Gasteiger partial charge is 0.226 e. The van der Waals surface area contributed by atoms with Crippen LogP contribution in [0, 0.1) is 0 Å². The van der Waals surface area contributed by atoms with Crippen LogP contribution in [0.1, 0.15) is 25.5 Å². The van der Waals surface area contributed by atoms with Crippen molar-refractivity contribution in [2.75, 3.05) is 6.61 Å². The Morgan fingerprint density at radius 3 is 2.92 bits per heavy atom. The first kappa shape index (κ1) is 8.10. The Labute approximate surface area is 79.8 Å². The van der Waals surface area contributed by atoms with E-state index in [1.165, 1.54) is 0 Å². The van der Waals surface area contributed by atoms with Crippen molar-refractivity contribution in [3.05, 3.63) is 10.2 Å². The molecule has 0 atom stereocenters. The van der Waals surface area contributed by atoms with Crippen LogP contribution in [-0.4, -0.2) is 16.4 Å². The molecule has 0 amide bonds. The Balaban J connectivity index is 2.47. The third-order valence-corrected chi connectivity index (χ3v) is 2.71. The number of hydrogen-bond acceptors (Lipinski definition) is 2. The summed E-state index contributed by atoms with van der Waals surface area (Å²) < 4.78 is 8.35. The lowest BCUT2D eigenvalue weighted by Gasteiger charge is -2.00. The van der Waals surface area contributed by atoms with Crippen LogP contribution in [0.25, 0.3) is 0 Å². The second-order valence-electron chi connectivity index (χ2n) is 3.23. The summed E-state index contributed by atoms with van der Waals surface area (Å²) in [7, 11) is 0. The van der Waals surface area contributed by atoms with Crippen molar-refractivity contribution in [1.82, 2.24) is 9.78 Å². The number of halogens is 1. The average Bonchev–Trinajstić information content (AvgIpc) is 2.53. The zero-order chi connectivity index (χ0) is 8.72. The fourth-order valence-corrected chi connectivity index (χ4v) is 2.19. The van der Waals surface area contributed by atoms with Gasteiger partial charge in [0, 0.05) is 0 Å². The SMILES string of the molecule is CC(C)c1nn2c(c1Br)OCC2. The first-order valence-corrected chi connectivity index (χ1v) is 4.88. The van der Waals surface area contributed by atoms with Crippen LogP contribution in [0.4, 0.5) is 0 Å². The van der Waals surface area contributed by atoms with Crippen LogP contribution in [0.15, 0.2) is 4.47 Å². The highest BCUT2D eigenvalue weighted by atomic mass is 79.9. The number of nitrogens with zero attached hydrogens (tertiary/aromatic N) is 2. The normalized spacial score (nSPS) is 15.0. The van der Waals surface area contributed by atoms with Crippen LogP contribution >= 0.6 is 15.9 Å². The average molecular weight is 231 g/mol. The van der Waals surface area contributed by atoms with Crippen LogP contribution in [0.3, 0.4) is 0 Å². The van der Waals surface area contributed by atoms with E-state index in [4.69, 9.17) is 4.74 Å². The van der Waals surface area contributed by atoms with Gasteiger partial charge < -0.3 is 4.74 Å². The van der Waals surface area contributed by atoms with E-state index in [1.807, 2.05) is 4.68 Å². The molecule has 3 nitrogen and oxygen atoms in total. The molecule has 0 saturated heterocycles. The predicted molar refractivity (Wildman–Crippen MR) is 49.5 cm³/mol. The van der Waals surface area contributed by atoms with E-state index in [-0.39, 0.29) is 0 Å². The molecule has 12 heavy (non-hydrogen) atoms. The number of hydrogen-bond donors (Lipinski definition) is 0. The quantitative estimate of drug-likeness (QED) is 0.740. The summed E-state index contributed by atoms with van der Waals surface area (Å²) in [4.78, 5) is 0. The van der Waals surface area contributed by atoms with E-state index >= 15 is 0 Å². The first-order chi connectivity index (χ1) is 5.70. The maximum Gasteiger partial charge on any atom is 0.226 e. The van der Waals surface area contributed by atoms with Crippen LogP contribution in [-0.2, 0) is 6.54 Å². The van der Waals surface area contributed by atoms with Gasteiger partial charge in [-0.25, -0.2) is 4.68 Å². The summed E-state index contributed by atoms with van der Waals surface area (Å²) >= 11 is 3.49. The van der Waals surface area contributed by atoms with E-state index < -0.39 is 0 Å². The molecule has 4 heteroatoms. The Kier molecular flexibility index (Phi) is 1.87. The maximum absolute atomic E-state index is 5.41. The molecule has 0 aliphatic carbocycles. The van der Waals surface area contributed by atoms with Gasteiger partial charge >= 0.3 is 0 Å². The number of rotatable bonds is 1. The molecule has 0 aromatic carbocycles. The molecule has 0 radical (unpaired) electrons. The fraction of sp³-hybridized carbons (Fsp3) is 0.625. The molecule has 0 bridgehead atoms. The zero-order valence-electron chi connectivity index (χ0n) is 7.17. The van der Waals surface area contributed by atoms with E-state index in [0.717, 1.165) is 29.2 Å². The molecule has 1 aliphatic heterocycles. The van der Waals surface area contributed by atoms with Gasteiger partial charge in [-0.15, -0.1) is 0 Å². The summed E-state index contributed by atoms with van der Waals surface area (Å²) in [5.41, 5.74) is 1.09. The van der Waals surface area contributed by atoms with Crippen molar-refractivity contribution in [1.29, 1.82) is 0 Å². The first-order valence-electron chi connectivity index (χ1n) is 4.09. The lowest BCUT2D eigenvalue weighted by Crippen LogP contribution is -1.99. The second-order valence-corrected chi connectivity index (χ2v) is 4.02. The zero-order valence-corrected chi connectivity index (χ0v) is 8.76. The minimum atomic E-state index is 0.445. The molecule has 1 aliphatic rings. The van der Waals surface area contributed by atoms with Crippen LogP contribution in [0.5, 0.6) is 5.88 Å². The molecule has 0 N–H and O–H groups in total. The fourth-order valence-electron chi connectivity index (χ4n) is 1.33. The largest absolute Gasteiger partial charge is 0.475 e. The van der Waals surface area contributed by atoms with Gasteiger partial charge in [0.2, 0.25) is 5.88 Å². The summed E-state index contributed by atoms with van der Waals surface area (Å²) in [5.74, 6) is 1.33. The Morgan fingerprint density at radius 2 is 2.33 bits per heavy atom. The van der Waals surface area contributed by atoms with Gasteiger partial charge in [0.25, 0.3) is 0 Å². The van der Waals surface area contributed by atoms with Crippen molar-refractivity contribution in [2.45, 2.75) is 26.3 Å². The summed E-state index contributed by atoms with van der Waals surface area (Å²) in [6, 6.07) is 0. The Bertz CT molecular complexity index is 306. The molecular weight excluding hydrogens is 220 g/mol. The number of ether oxygens (including phenoxy) is 1. The molecular formula is C8H11BrN2O. The molecule has 0 saturated carbocycles. The molecule has 1 aromatic heterocycles. The van der Waals surface area contributed by atoms with Gasteiger partial charge in [-0.3, -0.25) is 0 Å². The van der Waals surface area contributed by atoms with Crippen molar-refractivity contribution in [2.24, 2.45) is 0 Å². The monoisotopic (exact) mass is 230 g/mol. The lowest BCUT2D eigenvalue weighted by atomic mass is 10.1. The maximum atomic E-state index is 5.41. The van der Waals surface area contributed by atoms with Gasteiger partial charge in [0.15, 0.2) is 0 Å². The van der Waals surface area contributed by atoms with Crippen LogP contribution in [0.2, 0.25) is 0 Å².